The highest BCUT2D eigenvalue weighted by Crippen LogP contribution is 2.14. The molecule has 1 fully saturated rings. The van der Waals surface area contributed by atoms with Crippen LogP contribution in [0.2, 0.25) is 0 Å². The first-order chi connectivity index (χ1) is 11.7. The van der Waals surface area contributed by atoms with Crippen LogP contribution in [-0.2, 0) is 6.54 Å². The van der Waals surface area contributed by atoms with E-state index in [9.17, 15) is 10.1 Å². The largest absolute Gasteiger partial charge is 0.292 e. The molecule has 0 bridgehead atoms. The number of hydrogen-bond donors (Lipinski definition) is 0. The maximum absolute atomic E-state index is 10.6. The Morgan fingerprint density at radius 3 is 2.50 bits per heavy atom. The molecule has 1 unspecified atom stereocenters. The van der Waals surface area contributed by atoms with Gasteiger partial charge in [-0.3, -0.25) is 15.0 Å². The third kappa shape index (κ3) is 8.44. The fourth-order valence-electron chi connectivity index (χ4n) is 2.42. The highest BCUT2D eigenvalue weighted by Gasteiger charge is 2.30. The van der Waals surface area contributed by atoms with E-state index in [2.05, 4.69) is 36.1 Å². The molecule has 0 radical (unpaired) electrons. The van der Waals surface area contributed by atoms with Crippen LogP contribution in [0.4, 0.5) is 0 Å². The molecular formula is C20H28N2O2. The molecule has 1 aliphatic rings. The number of likely N-dealkylation sites (tertiary alicyclic amines) is 1. The molecule has 2 rings (SSSR count). The van der Waals surface area contributed by atoms with Crippen LogP contribution < -0.4 is 0 Å². The van der Waals surface area contributed by atoms with Crippen molar-refractivity contribution in [1.82, 2.24) is 4.90 Å². The Balaban J connectivity index is 0.000000277. The summed E-state index contributed by atoms with van der Waals surface area (Å²) in [6, 6.07) is 9.72. The summed E-state index contributed by atoms with van der Waals surface area (Å²) >= 11 is 0. The lowest BCUT2D eigenvalue weighted by Gasteiger charge is -2.13. The summed E-state index contributed by atoms with van der Waals surface area (Å²) in [6.07, 6.45) is 14.0. The Bertz CT molecular complexity index is 550. The van der Waals surface area contributed by atoms with Gasteiger partial charge in [-0.05, 0) is 18.9 Å². The van der Waals surface area contributed by atoms with Gasteiger partial charge in [0.05, 0.1) is 6.54 Å². The maximum Gasteiger partial charge on any atom is 0.226 e. The third-order valence-corrected chi connectivity index (χ3v) is 3.69. The highest BCUT2D eigenvalue weighted by atomic mass is 16.6. The van der Waals surface area contributed by atoms with Gasteiger partial charge in [0.1, 0.15) is 0 Å². The van der Waals surface area contributed by atoms with Gasteiger partial charge in [-0.2, -0.15) is 0 Å². The predicted octanol–water partition coefficient (Wildman–Crippen LogP) is 4.62. The Labute approximate surface area is 145 Å². The minimum atomic E-state index is -0.367. The van der Waals surface area contributed by atoms with Crippen molar-refractivity contribution in [3.8, 4) is 0 Å². The van der Waals surface area contributed by atoms with Gasteiger partial charge in [-0.15, -0.1) is 0 Å². The van der Waals surface area contributed by atoms with Gasteiger partial charge in [-0.25, -0.2) is 0 Å². The number of hydrogen-bond acceptors (Lipinski definition) is 3. The zero-order valence-electron chi connectivity index (χ0n) is 14.7. The Morgan fingerprint density at radius 1 is 1.21 bits per heavy atom. The minimum absolute atomic E-state index is 0.162. The first kappa shape index (κ1) is 19.8. The summed E-state index contributed by atoms with van der Waals surface area (Å²) in [7, 11) is 0. The summed E-state index contributed by atoms with van der Waals surface area (Å²) in [4.78, 5) is 12.6. The Morgan fingerprint density at radius 2 is 1.92 bits per heavy atom. The van der Waals surface area contributed by atoms with Crippen LogP contribution in [0.5, 0.6) is 0 Å². The maximum atomic E-state index is 10.6. The molecule has 24 heavy (non-hydrogen) atoms. The summed E-state index contributed by atoms with van der Waals surface area (Å²) in [5, 5.41) is 10.6. The Kier molecular flexibility index (Phi) is 10.1. The second-order valence-corrected chi connectivity index (χ2v) is 5.70. The van der Waals surface area contributed by atoms with Crippen LogP contribution in [0.15, 0.2) is 66.8 Å². The lowest BCUT2D eigenvalue weighted by atomic mass is 10.2. The highest BCUT2D eigenvalue weighted by molar-refractivity contribution is 5.14. The molecule has 0 spiro atoms. The normalized spacial score (nSPS) is 18.3. The monoisotopic (exact) mass is 328 g/mol. The van der Waals surface area contributed by atoms with Gasteiger partial charge in [0.2, 0.25) is 6.04 Å². The van der Waals surface area contributed by atoms with Gasteiger partial charge in [0, 0.05) is 24.4 Å². The summed E-state index contributed by atoms with van der Waals surface area (Å²) in [5.74, 6) is 0. The van der Waals surface area contributed by atoms with Crippen LogP contribution in [0, 0.1) is 10.1 Å². The average Bonchev–Trinajstić information content (AvgIpc) is 3.05. The van der Waals surface area contributed by atoms with E-state index in [1.54, 1.807) is 0 Å². The second kappa shape index (κ2) is 12.3. The van der Waals surface area contributed by atoms with Crippen molar-refractivity contribution >= 4 is 0 Å². The van der Waals surface area contributed by atoms with Crippen LogP contribution in [0.25, 0.3) is 0 Å². The summed E-state index contributed by atoms with van der Waals surface area (Å²) < 4.78 is 0. The zero-order valence-corrected chi connectivity index (χ0v) is 14.7. The molecular weight excluding hydrogens is 300 g/mol. The fourth-order valence-corrected chi connectivity index (χ4v) is 2.42. The van der Waals surface area contributed by atoms with Crippen LogP contribution in [-0.4, -0.2) is 29.0 Å². The minimum Gasteiger partial charge on any atom is -0.292 e. The standard InChI is InChI=1S/C11H14N2O2.C9H14/c14-13(15)11-6-7-12(9-11)8-10-4-2-1-3-5-10;1-3-5-7-9-8-6-4-2/h1-5,11H,6-9H2;3,5-9H,4H2,1-2H3/b;5-3-,8-6-,9-7-. The molecule has 1 atom stereocenters. The molecule has 1 saturated heterocycles. The van der Waals surface area contributed by atoms with Gasteiger partial charge in [0.25, 0.3) is 0 Å². The average molecular weight is 328 g/mol. The molecule has 0 amide bonds. The first-order valence-corrected chi connectivity index (χ1v) is 8.51. The summed E-state index contributed by atoms with van der Waals surface area (Å²) in [5.41, 5.74) is 1.22. The molecule has 1 heterocycles. The molecule has 0 aromatic heterocycles. The number of rotatable bonds is 6. The van der Waals surface area contributed by atoms with Crippen LogP contribution >= 0.6 is 0 Å². The SMILES string of the molecule is C\C=C/C=C\C=C/CC.O=[N+]([O-])C1CCN(Cc2ccccc2)C1. The second-order valence-electron chi connectivity index (χ2n) is 5.70. The molecule has 4 nitrogen and oxygen atoms in total. The predicted molar refractivity (Wildman–Crippen MR) is 101 cm³/mol. The third-order valence-electron chi connectivity index (χ3n) is 3.69. The molecule has 4 heteroatoms. The topological polar surface area (TPSA) is 46.4 Å². The van der Waals surface area contributed by atoms with E-state index in [1.807, 2.05) is 49.4 Å². The number of benzene rings is 1. The molecule has 1 aliphatic heterocycles. The lowest BCUT2D eigenvalue weighted by Crippen LogP contribution is -2.25. The van der Waals surface area contributed by atoms with E-state index in [0.717, 1.165) is 19.5 Å². The van der Waals surface area contributed by atoms with Gasteiger partial charge < -0.3 is 0 Å². The van der Waals surface area contributed by atoms with Crippen molar-refractivity contribution < 1.29 is 4.92 Å². The van der Waals surface area contributed by atoms with Crippen molar-refractivity contribution in [2.24, 2.45) is 0 Å². The van der Waals surface area contributed by atoms with Gasteiger partial charge in [0.15, 0.2) is 0 Å². The van der Waals surface area contributed by atoms with E-state index in [0.29, 0.717) is 13.0 Å². The molecule has 0 N–H and O–H groups in total. The van der Waals surface area contributed by atoms with E-state index in [4.69, 9.17) is 0 Å². The summed E-state index contributed by atoms with van der Waals surface area (Å²) in [6.45, 7) is 6.38. The van der Waals surface area contributed by atoms with Crippen molar-refractivity contribution in [3.63, 3.8) is 0 Å². The quantitative estimate of drug-likeness (QED) is 0.435. The van der Waals surface area contributed by atoms with Gasteiger partial charge in [-0.1, -0.05) is 73.7 Å². The van der Waals surface area contributed by atoms with Crippen molar-refractivity contribution in [2.75, 3.05) is 13.1 Å². The zero-order chi connectivity index (χ0) is 17.6. The van der Waals surface area contributed by atoms with Crippen molar-refractivity contribution in [3.05, 3.63) is 82.5 Å². The van der Waals surface area contributed by atoms with Crippen molar-refractivity contribution in [1.29, 1.82) is 0 Å². The van der Waals surface area contributed by atoms with Crippen LogP contribution in [0.3, 0.4) is 0 Å². The lowest BCUT2D eigenvalue weighted by molar-refractivity contribution is -0.518. The van der Waals surface area contributed by atoms with E-state index >= 15 is 0 Å². The number of nitrogens with zero attached hydrogens (tertiary/aromatic N) is 2. The van der Waals surface area contributed by atoms with E-state index in [1.165, 1.54) is 5.56 Å². The molecule has 130 valence electrons. The smallest absolute Gasteiger partial charge is 0.226 e. The fraction of sp³-hybridized carbons (Fsp3) is 0.400. The first-order valence-electron chi connectivity index (χ1n) is 8.51. The molecule has 0 aliphatic carbocycles. The number of allylic oxidation sites excluding steroid dienone is 6. The van der Waals surface area contributed by atoms with Gasteiger partial charge >= 0.3 is 0 Å². The van der Waals surface area contributed by atoms with Crippen LogP contribution in [0.1, 0.15) is 32.3 Å². The van der Waals surface area contributed by atoms with E-state index < -0.39 is 0 Å². The molecule has 0 saturated carbocycles. The molecule has 1 aromatic rings. The molecule has 1 aromatic carbocycles. The number of nitro groups is 1. The van der Waals surface area contributed by atoms with Crippen molar-refractivity contribution in [2.45, 2.75) is 39.3 Å². The Hall–Kier alpha value is -2.20. The van der Waals surface area contributed by atoms with E-state index in [-0.39, 0.29) is 11.0 Å².